The Bertz CT molecular complexity index is 742. The molecule has 120 valence electrons. The van der Waals surface area contributed by atoms with E-state index in [4.69, 9.17) is 14.0 Å². The quantitative estimate of drug-likeness (QED) is 0.868. The van der Waals surface area contributed by atoms with Crippen LogP contribution in [0.25, 0.3) is 0 Å². The van der Waals surface area contributed by atoms with E-state index in [1.54, 1.807) is 18.1 Å². The molecule has 1 amide bonds. The van der Waals surface area contributed by atoms with Crippen LogP contribution >= 0.6 is 0 Å². The number of carbonyl (C=O) groups excluding carboxylic acids is 1. The summed E-state index contributed by atoms with van der Waals surface area (Å²) in [7, 11) is 1.57. The van der Waals surface area contributed by atoms with Crippen LogP contribution < -0.4 is 0 Å². The van der Waals surface area contributed by atoms with Crippen LogP contribution in [0.3, 0.4) is 0 Å². The van der Waals surface area contributed by atoms with Crippen molar-refractivity contribution in [3.05, 3.63) is 52.9 Å². The summed E-state index contributed by atoms with van der Waals surface area (Å²) in [5.74, 6) is 0.424. The Morgan fingerprint density at radius 3 is 3.17 bits per heavy atom. The number of aromatic nitrogens is 1. The molecule has 0 saturated carbocycles. The summed E-state index contributed by atoms with van der Waals surface area (Å²) in [4.78, 5) is 14.4. The first-order chi connectivity index (χ1) is 11.2. The van der Waals surface area contributed by atoms with Crippen molar-refractivity contribution in [2.45, 2.75) is 25.2 Å². The smallest absolute Gasteiger partial charge is 0.276 e. The Labute approximate surface area is 134 Å². The Morgan fingerprint density at radius 1 is 1.43 bits per heavy atom. The number of carbonyl (C=O) groups is 1. The van der Waals surface area contributed by atoms with E-state index in [1.165, 1.54) is 11.1 Å². The molecule has 2 aromatic rings. The van der Waals surface area contributed by atoms with Crippen molar-refractivity contribution in [3.63, 3.8) is 0 Å². The van der Waals surface area contributed by atoms with E-state index in [0.717, 1.165) is 6.42 Å². The van der Waals surface area contributed by atoms with Gasteiger partial charge in [-0.15, -0.1) is 0 Å². The van der Waals surface area contributed by atoms with Gasteiger partial charge in [0.1, 0.15) is 12.2 Å². The van der Waals surface area contributed by atoms with E-state index in [1.807, 2.05) is 12.1 Å². The maximum Gasteiger partial charge on any atom is 0.276 e. The van der Waals surface area contributed by atoms with Gasteiger partial charge in [-0.05, 0) is 17.5 Å². The number of nitrogens with zero attached hydrogens (tertiary/aromatic N) is 2. The van der Waals surface area contributed by atoms with Crippen LogP contribution in [0.1, 0.15) is 33.8 Å². The van der Waals surface area contributed by atoms with Gasteiger partial charge < -0.3 is 18.9 Å². The average Bonchev–Trinajstić information content (AvgIpc) is 3.29. The van der Waals surface area contributed by atoms with E-state index in [0.29, 0.717) is 37.8 Å². The summed E-state index contributed by atoms with van der Waals surface area (Å²) < 4.78 is 16.2. The summed E-state index contributed by atoms with van der Waals surface area (Å²) in [6, 6.07) is 9.87. The number of likely N-dealkylation sites (tertiary alicyclic amines) is 1. The van der Waals surface area contributed by atoms with Gasteiger partial charge in [-0.1, -0.05) is 29.4 Å². The van der Waals surface area contributed by atoms with E-state index in [9.17, 15) is 4.79 Å². The first-order valence-corrected chi connectivity index (χ1v) is 7.68. The molecule has 6 nitrogen and oxygen atoms in total. The lowest BCUT2D eigenvalue weighted by Gasteiger charge is -2.24. The molecule has 1 aromatic heterocycles. The van der Waals surface area contributed by atoms with Crippen molar-refractivity contribution >= 4 is 5.91 Å². The van der Waals surface area contributed by atoms with Gasteiger partial charge in [-0.3, -0.25) is 4.79 Å². The number of hydrogen-bond acceptors (Lipinski definition) is 5. The molecular formula is C17H18N2O4. The normalized spacial score (nSPS) is 22.7. The molecule has 0 N–H and O–H groups in total. The molecular weight excluding hydrogens is 296 g/mol. The van der Waals surface area contributed by atoms with Gasteiger partial charge in [0.05, 0.1) is 13.2 Å². The Balaban J connectivity index is 1.53. The molecule has 3 heterocycles. The van der Waals surface area contributed by atoms with Gasteiger partial charge >= 0.3 is 0 Å². The first-order valence-electron chi connectivity index (χ1n) is 7.68. The predicted octanol–water partition coefficient (Wildman–Crippen LogP) is 2.09. The summed E-state index contributed by atoms with van der Waals surface area (Å²) in [6.45, 7) is 2.12. The van der Waals surface area contributed by atoms with Crippen LogP contribution in [0.2, 0.25) is 0 Å². The lowest BCUT2D eigenvalue weighted by molar-refractivity contribution is -0.0283. The SMILES string of the molecule is COCc1cc(C(=O)N2CC[C@@]3(C2)OCc2ccccc23)no1. The molecule has 2 aliphatic heterocycles. The third-order valence-electron chi connectivity index (χ3n) is 4.60. The van der Waals surface area contributed by atoms with Crippen molar-refractivity contribution in [2.24, 2.45) is 0 Å². The minimum absolute atomic E-state index is 0.124. The highest BCUT2D eigenvalue weighted by Gasteiger charge is 2.47. The summed E-state index contributed by atoms with van der Waals surface area (Å²) in [6.07, 6.45) is 0.804. The molecule has 2 aliphatic rings. The number of methoxy groups -OCH3 is 1. The first kappa shape index (κ1) is 14.4. The van der Waals surface area contributed by atoms with Crippen molar-refractivity contribution < 1.29 is 18.8 Å². The molecule has 6 heteroatoms. The summed E-state index contributed by atoms with van der Waals surface area (Å²) in [5.41, 5.74) is 2.37. The van der Waals surface area contributed by atoms with Crippen molar-refractivity contribution in [3.8, 4) is 0 Å². The second-order valence-electron chi connectivity index (χ2n) is 6.03. The maximum absolute atomic E-state index is 12.6. The molecule has 1 fully saturated rings. The van der Waals surface area contributed by atoms with Crippen LogP contribution in [-0.4, -0.2) is 36.2 Å². The van der Waals surface area contributed by atoms with Gasteiger partial charge in [0.25, 0.3) is 5.91 Å². The number of ether oxygens (including phenoxy) is 2. The lowest BCUT2D eigenvalue weighted by atomic mass is 9.92. The molecule has 23 heavy (non-hydrogen) atoms. The van der Waals surface area contributed by atoms with Crippen molar-refractivity contribution in [1.82, 2.24) is 10.1 Å². The molecule has 1 saturated heterocycles. The third-order valence-corrected chi connectivity index (χ3v) is 4.60. The highest BCUT2D eigenvalue weighted by Crippen LogP contribution is 2.43. The van der Waals surface area contributed by atoms with Crippen LogP contribution in [0, 0.1) is 0 Å². The molecule has 0 unspecified atom stereocenters. The predicted molar refractivity (Wildman–Crippen MR) is 80.6 cm³/mol. The summed E-state index contributed by atoms with van der Waals surface area (Å²) in [5, 5.41) is 3.85. The molecule has 1 aromatic carbocycles. The maximum atomic E-state index is 12.6. The number of amides is 1. The second-order valence-corrected chi connectivity index (χ2v) is 6.03. The second kappa shape index (κ2) is 5.47. The Kier molecular flexibility index (Phi) is 3.43. The highest BCUT2D eigenvalue weighted by atomic mass is 16.5. The topological polar surface area (TPSA) is 64.8 Å². The number of rotatable bonds is 3. The van der Waals surface area contributed by atoms with Crippen molar-refractivity contribution in [1.29, 1.82) is 0 Å². The molecule has 0 aliphatic carbocycles. The van der Waals surface area contributed by atoms with Crippen molar-refractivity contribution in [2.75, 3.05) is 20.2 Å². The zero-order valence-electron chi connectivity index (χ0n) is 12.9. The van der Waals surface area contributed by atoms with E-state index in [2.05, 4.69) is 17.3 Å². The average molecular weight is 314 g/mol. The van der Waals surface area contributed by atoms with E-state index < -0.39 is 0 Å². The van der Waals surface area contributed by atoms with Gasteiger partial charge in [0.2, 0.25) is 0 Å². The fraction of sp³-hybridized carbons (Fsp3) is 0.412. The molecule has 1 atom stereocenters. The Hall–Kier alpha value is -2.18. The standard InChI is InChI=1S/C17H18N2O4/c1-21-10-13-8-15(18-23-13)16(20)19-7-6-17(11-19)14-5-3-2-4-12(14)9-22-17/h2-5,8H,6-7,9-11H2,1H3/t17-/m0/s1. The van der Waals surface area contributed by atoms with Crippen LogP contribution in [-0.2, 0) is 28.3 Å². The minimum atomic E-state index is -0.370. The zero-order valence-corrected chi connectivity index (χ0v) is 12.9. The summed E-state index contributed by atoms with van der Waals surface area (Å²) >= 11 is 0. The molecule has 0 bridgehead atoms. The number of benzene rings is 1. The number of fused-ring (bicyclic) bond motifs is 2. The van der Waals surface area contributed by atoms with Gasteiger partial charge in [0.15, 0.2) is 11.5 Å². The monoisotopic (exact) mass is 314 g/mol. The molecule has 4 rings (SSSR count). The van der Waals surface area contributed by atoms with Gasteiger partial charge in [-0.25, -0.2) is 0 Å². The van der Waals surface area contributed by atoms with Gasteiger partial charge in [0, 0.05) is 19.7 Å². The minimum Gasteiger partial charge on any atom is -0.377 e. The largest absolute Gasteiger partial charge is 0.377 e. The third kappa shape index (κ3) is 2.34. The fourth-order valence-electron chi connectivity index (χ4n) is 3.46. The van der Waals surface area contributed by atoms with E-state index in [-0.39, 0.29) is 11.5 Å². The Morgan fingerprint density at radius 2 is 2.30 bits per heavy atom. The molecule has 1 spiro atoms. The van der Waals surface area contributed by atoms with Gasteiger partial charge in [-0.2, -0.15) is 0 Å². The number of hydrogen-bond donors (Lipinski definition) is 0. The fourth-order valence-corrected chi connectivity index (χ4v) is 3.46. The highest BCUT2D eigenvalue weighted by molar-refractivity contribution is 5.92. The van der Waals surface area contributed by atoms with Crippen LogP contribution in [0.5, 0.6) is 0 Å². The molecule has 0 radical (unpaired) electrons. The van der Waals surface area contributed by atoms with Crippen LogP contribution in [0.15, 0.2) is 34.9 Å². The van der Waals surface area contributed by atoms with Crippen LogP contribution in [0.4, 0.5) is 0 Å². The zero-order chi connectivity index (χ0) is 15.9. The lowest BCUT2D eigenvalue weighted by Crippen LogP contribution is -2.34. The van der Waals surface area contributed by atoms with E-state index >= 15 is 0 Å².